The molecule has 3 atom stereocenters. The number of furan rings is 1. The quantitative estimate of drug-likeness (QED) is 0.149. The highest BCUT2D eigenvalue weighted by Gasteiger charge is 2.58. The first-order chi connectivity index (χ1) is 22.0. The summed E-state index contributed by atoms with van der Waals surface area (Å²) in [7, 11) is 1.40. The van der Waals surface area contributed by atoms with Gasteiger partial charge in [0.25, 0.3) is 0 Å². The lowest BCUT2D eigenvalue weighted by molar-refractivity contribution is -0.0592. The molecule has 1 saturated carbocycles. The number of piperidine rings is 1. The van der Waals surface area contributed by atoms with Gasteiger partial charge in [0.2, 0.25) is 5.88 Å². The molecule has 2 aliphatic heterocycles. The number of likely N-dealkylation sites (tertiary alicyclic amines) is 1. The molecule has 2 aromatic carbocycles. The van der Waals surface area contributed by atoms with Crippen molar-refractivity contribution in [2.45, 2.75) is 50.5 Å². The van der Waals surface area contributed by atoms with E-state index in [0.717, 1.165) is 85.5 Å². The maximum atomic E-state index is 12.2. The minimum absolute atomic E-state index is 0.0801. The van der Waals surface area contributed by atoms with Crippen LogP contribution < -0.4 is 4.74 Å². The van der Waals surface area contributed by atoms with Crippen LogP contribution in [0.3, 0.4) is 0 Å². The highest BCUT2D eigenvalue weighted by Crippen LogP contribution is 2.59. The fourth-order valence-electron chi connectivity index (χ4n) is 7.09. The topological polar surface area (TPSA) is 96.2 Å². The van der Waals surface area contributed by atoms with Gasteiger partial charge in [-0.1, -0.05) is 18.2 Å². The molecule has 45 heavy (non-hydrogen) atoms. The molecule has 2 unspecified atom stereocenters. The van der Waals surface area contributed by atoms with E-state index in [1.807, 2.05) is 42.5 Å². The summed E-state index contributed by atoms with van der Waals surface area (Å²) in [5.74, 6) is 1.78. The highest BCUT2D eigenvalue weighted by atomic mass is 16.5. The van der Waals surface area contributed by atoms with E-state index in [9.17, 15) is 4.79 Å². The third kappa shape index (κ3) is 4.93. The maximum Gasteiger partial charge on any atom is 0.337 e. The van der Waals surface area contributed by atoms with Crippen molar-refractivity contribution in [1.29, 1.82) is 0 Å². The number of hydrogen-bond acceptors (Lipinski definition) is 8. The standard InChI is InChI=1S/C35H33N5O5/c1-36-27-8-7-23(33-26(27)11-15-44-33)21-45-32-5-3-4-30(38-32)35-12-13-39(18-24(35)17-35)20-31-37-28-9-6-22(34(41)42-2)16-29(28)40(31)19-25-10-14-43-25/h3-9,11,15-16,24-25H,10,12-14,17-21H2,2H3/t24?,25-,35?/m0/s1. The average Bonchev–Trinajstić information content (AvgIpc) is 3.39. The minimum Gasteiger partial charge on any atom is -0.473 e. The molecule has 3 aliphatic rings. The molecule has 10 nitrogen and oxygen atoms in total. The lowest BCUT2D eigenvalue weighted by Gasteiger charge is -2.32. The second-order valence-electron chi connectivity index (χ2n) is 12.3. The van der Waals surface area contributed by atoms with Crippen LogP contribution in [0.1, 0.15) is 46.7 Å². The van der Waals surface area contributed by atoms with Gasteiger partial charge in [-0.15, -0.1) is 0 Å². The van der Waals surface area contributed by atoms with Gasteiger partial charge in [-0.2, -0.15) is 0 Å². The second kappa shape index (κ2) is 11.0. The lowest BCUT2D eigenvalue weighted by Crippen LogP contribution is -2.37. The number of carbonyl (C=O) groups is 1. The molecule has 0 radical (unpaired) electrons. The monoisotopic (exact) mass is 603 g/mol. The van der Waals surface area contributed by atoms with Gasteiger partial charge < -0.3 is 23.2 Å². The summed E-state index contributed by atoms with van der Waals surface area (Å²) < 4.78 is 24.8. The molecule has 0 spiro atoms. The smallest absolute Gasteiger partial charge is 0.337 e. The van der Waals surface area contributed by atoms with Gasteiger partial charge in [-0.25, -0.2) is 19.6 Å². The number of methoxy groups -OCH3 is 1. The van der Waals surface area contributed by atoms with Crippen molar-refractivity contribution in [2.24, 2.45) is 5.92 Å². The van der Waals surface area contributed by atoms with Crippen molar-refractivity contribution in [3.63, 3.8) is 0 Å². The Labute approximate surface area is 260 Å². The molecular formula is C35H33N5O5. The van der Waals surface area contributed by atoms with Crippen LogP contribution in [0.5, 0.6) is 5.88 Å². The predicted octanol–water partition coefficient (Wildman–Crippen LogP) is 6.05. The third-order valence-corrected chi connectivity index (χ3v) is 9.78. The van der Waals surface area contributed by atoms with E-state index in [-0.39, 0.29) is 17.5 Å². The van der Waals surface area contributed by atoms with Crippen LogP contribution in [-0.4, -0.2) is 58.3 Å². The normalized spacial score (nSPS) is 22.5. The van der Waals surface area contributed by atoms with Crippen LogP contribution in [0.4, 0.5) is 5.69 Å². The van der Waals surface area contributed by atoms with Crippen molar-refractivity contribution in [3.8, 4) is 5.88 Å². The van der Waals surface area contributed by atoms with Crippen LogP contribution in [0.25, 0.3) is 26.8 Å². The van der Waals surface area contributed by atoms with E-state index < -0.39 is 0 Å². The van der Waals surface area contributed by atoms with Gasteiger partial charge in [-0.3, -0.25) is 4.90 Å². The van der Waals surface area contributed by atoms with E-state index in [4.69, 9.17) is 35.2 Å². The van der Waals surface area contributed by atoms with E-state index in [1.165, 1.54) is 7.11 Å². The summed E-state index contributed by atoms with van der Waals surface area (Å²) in [5.41, 5.74) is 5.68. The molecule has 3 fully saturated rings. The molecule has 0 amide bonds. The molecule has 1 aliphatic carbocycles. The van der Waals surface area contributed by atoms with Gasteiger partial charge in [0.15, 0.2) is 5.69 Å². The molecule has 5 heterocycles. The fourth-order valence-corrected chi connectivity index (χ4v) is 7.09. The average molecular weight is 604 g/mol. The Morgan fingerprint density at radius 3 is 2.89 bits per heavy atom. The van der Waals surface area contributed by atoms with Crippen molar-refractivity contribution in [2.75, 3.05) is 26.8 Å². The number of hydrogen-bond donors (Lipinski definition) is 0. The highest BCUT2D eigenvalue weighted by molar-refractivity contribution is 5.94. The van der Waals surface area contributed by atoms with Crippen LogP contribution in [0.15, 0.2) is 65.3 Å². The number of aromatic nitrogens is 3. The van der Waals surface area contributed by atoms with Crippen molar-refractivity contribution >= 4 is 33.7 Å². The Morgan fingerprint density at radius 2 is 2.09 bits per heavy atom. The summed E-state index contributed by atoms with van der Waals surface area (Å²) in [5, 5.41) is 0.803. The lowest BCUT2D eigenvalue weighted by atomic mass is 9.91. The van der Waals surface area contributed by atoms with Gasteiger partial charge in [-0.05, 0) is 62.1 Å². The Kier molecular flexibility index (Phi) is 6.81. The van der Waals surface area contributed by atoms with E-state index >= 15 is 0 Å². The number of pyridine rings is 1. The first kappa shape index (κ1) is 27.8. The number of nitrogens with zero attached hydrogens (tertiary/aromatic N) is 5. The van der Waals surface area contributed by atoms with Gasteiger partial charge in [0.1, 0.15) is 18.0 Å². The second-order valence-corrected chi connectivity index (χ2v) is 12.3. The molecule has 2 saturated heterocycles. The summed E-state index contributed by atoms with van der Waals surface area (Å²) in [6.07, 6.45) is 4.95. The molecule has 3 aromatic heterocycles. The fraction of sp³-hybridized carbons (Fsp3) is 0.371. The maximum absolute atomic E-state index is 12.2. The van der Waals surface area contributed by atoms with Crippen LogP contribution in [-0.2, 0) is 34.6 Å². The summed E-state index contributed by atoms with van der Waals surface area (Å²) in [6.45, 7) is 11.9. The SMILES string of the molecule is [C-]#[N+]c1ccc(COc2cccc(C34CCN(Cc5nc6ccc(C(=O)OC)cc6n5C[C@@H]5CCO5)CC3C4)n2)c2occc12. The number of ether oxygens (including phenoxy) is 3. The molecular weight excluding hydrogens is 570 g/mol. The first-order valence-corrected chi connectivity index (χ1v) is 15.4. The first-order valence-electron chi connectivity index (χ1n) is 15.4. The van der Waals surface area contributed by atoms with E-state index in [1.54, 1.807) is 12.3 Å². The van der Waals surface area contributed by atoms with Crippen molar-refractivity contribution < 1.29 is 23.4 Å². The number of imidazole rings is 1. The summed E-state index contributed by atoms with van der Waals surface area (Å²) in [4.78, 5) is 28.3. The van der Waals surface area contributed by atoms with Gasteiger partial charge >= 0.3 is 5.97 Å². The number of carbonyl (C=O) groups excluding carboxylic acids is 1. The van der Waals surface area contributed by atoms with E-state index in [2.05, 4.69) is 20.4 Å². The zero-order chi connectivity index (χ0) is 30.5. The zero-order valence-electron chi connectivity index (χ0n) is 25.1. The van der Waals surface area contributed by atoms with Crippen molar-refractivity contribution in [3.05, 3.63) is 94.9 Å². The van der Waals surface area contributed by atoms with Crippen LogP contribution in [0.2, 0.25) is 0 Å². The molecule has 0 N–H and O–H groups in total. The number of fused-ring (bicyclic) bond motifs is 3. The van der Waals surface area contributed by atoms with Gasteiger partial charge in [0, 0.05) is 35.6 Å². The molecule has 8 rings (SSSR count). The number of benzene rings is 2. The molecule has 5 aromatic rings. The number of esters is 1. The summed E-state index contributed by atoms with van der Waals surface area (Å²) >= 11 is 0. The zero-order valence-corrected chi connectivity index (χ0v) is 25.1. The van der Waals surface area contributed by atoms with Crippen LogP contribution in [0, 0.1) is 12.5 Å². The van der Waals surface area contributed by atoms with Crippen molar-refractivity contribution in [1.82, 2.24) is 19.4 Å². The van der Waals surface area contributed by atoms with Gasteiger partial charge in [0.05, 0.1) is 61.4 Å². The summed E-state index contributed by atoms with van der Waals surface area (Å²) in [6, 6.07) is 17.2. The number of rotatable bonds is 9. The van der Waals surface area contributed by atoms with Crippen LogP contribution >= 0.6 is 0 Å². The van der Waals surface area contributed by atoms with E-state index in [0.29, 0.717) is 35.2 Å². The Morgan fingerprint density at radius 1 is 1.18 bits per heavy atom. The molecule has 0 bridgehead atoms. The predicted molar refractivity (Wildman–Crippen MR) is 166 cm³/mol. The Hall–Kier alpha value is -4.72. The Balaban J connectivity index is 0.965. The largest absolute Gasteiger partial charge is 0.473 e. The molecule has 10 heteroatoms. The molecule has 228 valence electrons. The Bertz CT molecular complexity index is 1970. The minimum atomic E-state index is -0.347. The third-order valence-electron chi connectivity index (χ3n) is 9.78.